The van der Waals surface area contributed by atoms with Crippen LogP contribution in [0.15, 0.2) is 29.2 Å². The van der Waals surface area contributed by atoms with Crippen LogP contribution >= 0.6 is 11.8 Å². The number of thioether (sulfide) groups is 1. The molecule has 40 heavy (non-hydrogen) atoms. The van der Waals surface area contributed by atoms with Gasteiger partial charge in [0, 0.05) is 25.7 Å². The Bertz CT molecular complexity index is 1000. The van der Waals surface area contributed by atoms with E-state index in [4.69, 9.17) is 33.2 Å². The summed E-state index contributed by atoms with van der Waals surface area (Å²) in [7, 11) is 1.52. The number of ether oxygens (including phenoxy) is 7. The van der Waals surface area contributed by atoms with Crippen LogP contribution in [-0.2, 0) is 42.8 Å². The van der Waals surface area contributed by atoms with Crippen LogP contribution in [0, 0.1) is 0 Å². The fourth-order valence-corrected chi connectivity index (χ4v) is 5.34. The first-order chi connectivity index (χ1) is 18.9. The van der Waals surface area contributed by atoms with Gasteiger partial charge in [-0.1, -0.05) is 11.8 Å². The summed E-state index contributed by atoms with van der Waals surface area (Å²) < 4.78 is 39.0. The number of carbonyl (C=O) groups is 3. The number of hydrogen-bond donors (Lipinski definition) is 4. The summed E-state index contributed by atoms with van der Waals surface area (Å²) in [6.07, 6.45) is -13.4. The monoisotopic (exact) mass is 590 g/mol. The van der Waals surface area contributed by atoms with E-state index in [0.29, 0.717) is 10.6 Å². The van der Waals surface area contributed by atoms with Gasteiger partial charge in [0.15, 0.2) is 18.5 Å². The van der Waals surface area contributed by atoms with E-state index >= 15 is 0 Å². The second kappa shape index (κ2) is 14.4. The quantitative estimate of drug-likeness (QED) is 0.194. The standard InChI is InChI=1S/C25H34O14S/c1-11(27)34-10-17-21(39-24-20(32)19(31)18(30)16(9-26)37-24)22(35-12(2)28)23(36-13(3)29)25(38-17)40-15-7-5-14(33-4)6-8-15/h5-8,16-26,30-32H,9-10H2,1-4H3/t16-,17-,18+,19+,20-,21-,22+,23-,24+,25+/m1/s1. The highest BCUT2D eigenvalue weighted by molar-refractivity contribution is 7.99. The largest absolute Gasteiger partial charge is 0.497 e. The lowest BCUT2D eigenvalue weighted by Crippen LogP contribution is -2.65. The van der Waals surface area contributed by atoms with E-state index < -0.39 is 91.7 Å². The van der Waals surface area contributed by atoms with Crippen molar-refractivity contribution in [1.29, 1.82) is 0 Å². The Hall–Kier alpha value is -2.50. The molecule has 224 valence electrons. The second-order valence-corrected chi connectivity index (χ2v) is 10.3. The normalized spacial score (nSPS) is 34.0. The minimum atomic E-state index is -1.80. The Labute approximate surface area is 234 Å². The zero-order valence-electron chi connectivity index (χ0n) is 22.3. The molecule has 0 bridgehead atoms. The van der Waals surface area contributed by atoms with E-state index in [0.717, 1.165) is 25.6 Å². The van der Waals surface area contributed by atoms with Crippen molar-refractivity contribution in [1.82, 2.24) is 0 Å². The van der Waals surface area contributed by atoms with Crippen molar-refractivity contribution < 1.29 is 68.0 Å². The van der Waals surface area contributed by atoms with Crippen LogP contribution in [0.4, 0.5) is 0 Å². The molecule has 10 atom stereocenters. The minimum Gasteiger partial charge on any atom is -0.497 e. The van der Waals surface area contributed by atoms with Crippen LogP contribution in [0.5, 0.6) is 5.75 Å². The number of methoxy groups -OCH3 is 1. The van der Waals surface area contributed by atoms with Crippen molar-refractivity contribution in [2.75, 3.05) is 20.3 Å². The van der Waals surface area contributed by atoms with Crippen molar-refractivity contribution >= 4 is 29.7 Å². The van der Waals surface area contributed by atoms with Gasteiger partial charge in [-0.05, 0) is 24.3 Å². The van der Waals surface area contributed by atoms with Gasteiger partial charge in [-0.3, -0.25) is 14.4 Å². The predicted octanol–water partition coefficient (Wildman–Crippen LogP) is -0.876. The predicted molar refractivity (Wildman–Crippen MR) is 134 cm³/mol. The molecule has 0 spiro atoms. The van der Waals surface area contributed by atoms with E-state index in [2.05, 4.69) is 0 Å². The Morgan fingerprint density at radius 3 is 2.00 bits per heavy atom. The molecule has 2 aliphatic heterocycles. The molecule has 14 nitrogen and oxygen atoms in total. The molecule has 0 saturated carbocycles. The molecule has 0 unspecified atom stereocenters. The van der Waals surface area contributed by atoms with Gasteiger partial charge < -0.3 is 53.6 Å². The fourth-order valence-electron chi connectivity index (χ4n) is 4.24. The summed E-state index contributed by atoms with van der Waals surface area (Å²) in [4.78, 5) is 36.6. The number of rotatable bonds is 10. The van der Waals surface area contributed by atoms with Crippen LogP contribution < -0.4 is 4.74 Å². The van der Waals surface area contributed by atoms with Crippen molar-refractivity contribution in [2.45, 2.75) is 86.2 Å². The third-order valence-electron chi connectivity index (χ3n) is 6.10. The first kappa shape index (κ1) is 32.0. The number of benzene rings is 1. The zero-order chi connectivity index (χ0) is 29.6. The first-order valence-corrected chi connectivity index (χ1v) is 13.2. The highest BCUT2D eigenvalue weighted by Gasteiger charge is 2.54. The summed E-state index contributed by atoms with van der Waals surface area (Å²) >= 11 is 1.13. The summed E-state index contributed by atoms with van der Waals surface area (Å²) in [5.74, 6) is -1.55. The number of esters is 3. The zero-order valence-corrected chi connectivity index (χ0v) is 23.1. The molecule has 1 aromatic rings. The second-order valence-electron chi connectivity index (χ2n) is 9.08. The number of carbonyl (C=O) groups excluding carboxylic acids is 3. The van der Waals surface area contributed by atoms with E-state index in [1.807, 2.05) is 0 Å². The van der Waals surface area contributed by atoms with Gasteiger partial charge >= 0.3 is 17.9 Å². The fraction of sp³-hybridized carbons (Fsp3) is 0.640. The summed E-state index contributed by atoms with van der Waals surface area (Å²) in [6, 6.07) is 6.88. The van der Waals surface area contributed by atoms with Gasteiger partial charge in [0.05, 0.1) is 13.7 Å². The van der Waals surface area contributed by atoms with Crippen molar-refractivity contribution in [3.63, 3.8) is 0 Å². The van der Waals surface area contributed by atoms with Crippen LogP contribution in [0.2, 0.25) is 0 Å². The number of aliphatic hydroxyl groups excluding tert-OH is 4. The van der Waals surface area contributed by atoms with Crippen molar-refractivity contribution in [3.05, 3.63) is 24.3 Å². The number of hydrogen-bond acceptors (Lipinski definition) is 15. The molecule has 0 amide bonds. The molecule has 4 N–H and O–H groups in total. The minimum absolute atomic E-state index is 0.401. The summed E-state index contributed by atoms with van der Waals surface area (Å²) in [5.41, 5.74) is -1.00. The molecule has 2 saturated heterocycles. The Morgan fingerprint density at radius 1 is 0.825 bits per heavy atom. The highest BCUT2D eigenvalue weighted by Crippen LogP contribution is 2.39. The van der Waals surface area contributed by atoms with Gasteiger partial charge in [0.25, 0.3) is 0 Å². The lowest BCUT2D eigenvalue weighted by molar-refractivity contribution is -0.339. The van der Waals surface area contributed by atoms with Crippen molar-refractivity contribution in [2.24, 2.45) is 0 Å². The molecule has 0 aliphatic carbocycles. The average molecular weight is 591 g/mol. The van der Waals surface area contributed by atoms with Gasteiger partial charge in [0.1, 0.15) is 54.4 Å². The molecule has 3 rings (SSSR count). The Kier molecular flexibility index (Phi) is 11.5. The van der Waals surface area contributed by atoms with Gasteiger partial charge in [-0.2, -0.15) is 0 Å². The molecule has 2 aliphatic rings. The van der Waals surface area contributed by atoms with Crippen LogP contribution in [-0.4, -0.2) is 119 Å². The maximum absolute atomic E-state index is 12.2. The summed E-state index contributed by atoms with van der Waals surface area (Å²) in [5, 5.41) is 40.5. The third-order valence-corrected chi connectivity index (χ3v) is 7.25. The van der Waals surface area contributed by atoms with Gasteiger partial charge in [-0.25, -0.2) is 0 Å². The molecule has 1 aromatic carbocycles. The van der Waals surface area contributed by atoms with E-state index in [-0.39, 0.29) is 0 Å². The topological polar surface area (TPSA) is 197 Å². The van der Waals surface area contributed by atoms with Gasteiger partial charge in [-0.15, -0.1) is 0 Å². The Morgan fingerprint density at radius 2 is 1.45 bits per heavy atom. The third kappa shape index (κ3) is 8.04. The lowest BCUT2D eigenvalue weighted by atomic mass is 9.97. The van der Waals surface area contributed by atoms with Crippen molar-refractivity contribution in [3.8, 4) is 5.75 Å². The smallest absolute Gasteiger partial charge is 0.303 e. The maximum atomic E-state index is 12.2. The molecule has 0 radical (unpaired) electrons. The van der Waals surface area contributed by atoms with Crippen LogP contribution in [0.1, 0.15) is 20.8 Å². The SMILES string of the molecule is COc1ccc(S[C@@H]2O[C@H](COC(C)=O)[C@@H](O[C@@H]3O[C@H](CO)[C@H](O)[C@H](O)[C@H]3O)[C@H](OC(C)=O)[C@H]2OC(C)=O)cc1. The molecule has 15 heteroatoms. The van der Waals surface area contributed by atoms with E-state index in [1.165, 1.54) is 14.0 Å². The first-order valence-electron chi connectivity index (χ1n) is 12.3. The Balaban J connectivity index is 1.99. The lowest BCUT2D eigenvalue weighted by Gasteiger charge is -2.47. The molecular formula is C25H34O14S. The highest BCUT2D eigenvalue weighted by atomic mass is 32.2. The molecule has 0 aromatic heterocycles. The molecular weight excluding hydrogens is 556 g/mol. The van der Waals surface area contributed by atoms with E-state index in [9.17, 15) is 34.8 Å². The van der Waals surface area contributed by atoms with Crippen LogP contribution in [0.25, 0.3) is 0 Å². The number of aliphatic hydroxyl groups is 4. The van der Waals surface area contributed by atoms with Crippen LogP contribution in [0.3, 0.4) is 0 Å². The summed E-state index contributed by atoms with van der Waals surface area (Å²) in [6.45, 7) is 2.33. The van der Waals surface area contributed by atoms with E-state index in [1.54, 1.807) is 24.3 Å². The maximum Gasteiger partial charge on any atom is 0.303 e. The molecule has 2 fully saturated rings. The molecule has 2 heterocycles. The average Bonchev–Trinajstić information content (AvgIpc) is 2.90. The van der Waals surface area contributed by atoms with Gasteiger partial charge in [0.2, 0.25) is 0 Å².